The summed E-state index contributed by atoms with van der Waals surface area (Å²) in [6, 6.07) is 5.88. The Balaban J connectivity index is 1.61. The van der Waals surface area contributed by atoms with E-state index in [0.717, 1.165) is 0 Å². The van der Waals surface area contributed by atoms with Crippen LogP contribution in [-0.4, -0.2) is 51.2 Å². The molecule has 2 aliphatic rings. The lowest BCUT2D eigenvalue weighted by Crippen LogP contribution is -2.48. The van der Waals surface area contributed by atoms with Crippen molar-refractivity contribution in [2.24, 2.45) is 0 Å². The second-order valence-corrected chi connectivity index (χ2v) is 8.47. The molecule has 0 unspecified atom stereocenters. The van der Waals surface area contributed by atoms with Crippen molar-refractivity contribution in [1.82, 2.24) is 4.90 Å². The predicted octanol–water partition coefficient (Wildman–Crippen LogP) is 2.21. The number of nitrogens with zero attached hydrogens (tertiary/aromatic N) is 1. The van der Waals surface area contributed by atoms with Crippen LogP contribution in [0.2, 0.25) is 0 Å². The van der Waals surface area contributed by atoms with Crippen molar-refractivity contribution < 1.29 is 23.9 Å². The highest BCUT2D eigenvalue weighted by Gasteiger charge is 2.53. The van der Waals surface area contributed by atoms with Gasteiger partial charge in [0, 0.05) is 23.4 Å². The van der Waals surface area contributed by atoms with Crippen LogP contribution in [0.15, 0.2) is 24.3 Å². The number of thioether (sulfide) groups is 1. The van der Waals surface area contributed by atoms with E-state index in [1.165, 1.54) is 13.8 Å². The molecule has 1 aromatic rings. The van der Waals surface area contributed by atoms with Crippen LogP contribution in [0.1, 0.15) is 44.0 Å². The highest BCUT2D eigenvalue weighted by Crippen LogP contribution is 2.47. The predicted molar refractivity (Wildman–Crippen MR) is 101 cm³/mol. The molecule has 8 heteroatoms. The van der Waals surface area contributed by atoms with Crippen LogP contribution in [0.25, 0.3) is 0 Å². The van der Waals surface area contributed by atoms with Gasteiger partial charge in [-0.2, -0.15) is 0 Å². The van der Waals surface area contributed by atoms with Crippen molar-refractivity contribution >= 4 is 41.0 Å². The standard InChI is InChI=1S/C19H22N2O5S/c1-11(22)13-5-4-6-14(9-13)20-17(24)12(2)26-18(25)15-10-27-19(3)8-7-16(23)21(15)19/h4-6,9,12,15H,7-8,10H2,1-3H3,(H,20,24)/t12-,15+,19+/m0/s1. The maximum atomic E-state index is 12.5. The number of hydrogen-bond acceptors (Lipinski definition) is 6. The number of rotatable bonds is 5. The van der Waals surface area contributed by atoms with Crippen molar-refractivity contribution in [1.29, 1.82) is 0 Å². The number of esters is 1. The molecule has 2 fully saturated rings. The van der Waals surface area contributed by atoms with Crippen LogP contribution in [0.4, 0.5) is 5.69 Å². The molecule has 0 aliphatic carbocycles. The average Bonchev–Trinajstić information content (AvgIpc) is 3.11. The molecule has 27 heavy (non-hydrogen) atoms. The molecule has 7 nitrogen and oxygen atoms in total. The topological polar surface area (TPSA) is 92.8 Å². The summed E-state index contributed by atoms with van der Waals surface area (Å²) in [7, 11) is 0. The molecular formula is C19H22N2O5S. The number of ketones is 1. The molecule has 2 heterocycles. The van der Waals surface area contributed by atoms with Crippen LogP contribution in [0.3, 0.4) is 0 Å². The van der Waals surface area contributed by atoms with E-state index >= 15 is 0 Å². The number of ether oxygens (including phenoxy) is 1. The minimum atomic E-state index is -1.02. The first-order chi connectivity index (χ1) is 12.7. The molecule has 0 saturated carbocycles. The van der Waals surface area contributed by atoms with Crippen molar-refractivity contribution in [3.8, 4) is 0 Å². The molecule has 2 aliphatic heterocycles. The van der Waals surface area contributed by atoms with Gasteiger partial charge in [-0.15, -0.1) is 11.8 Å². The van der Waals surface area contributed by atoms with Gasteiger partial charge in [0.15, 0.2) is 11.9 Å². The summed E-state index contributed by atoms with van der Waals surface area (Å²) < 4.78 is 5.32. The average molecular weight is 390 g/mol. The van der Waals surface area contributed by atoms with Crippen LogP contribution < -0.4 is 5.32 Å². The van der Waals surface area contributed by atoms with E-state index in [9.17, 15) is 19.2 Å². The van der Waals surface area contributed by atoms with Crippen LogP contribution in [0, 0.1) is 0 Å². The molecule has 144 valence electrons. The molecule has 0 bridgehead atoms. The third-order valence-corrected chi connectivity index (χ3v) is 6.42. The summed E-state index contributed by atoms with van der Waals surface area (Å²) in [6.45, 7) is 4.88. The van der Waals surface area contributed by atoms with Gasteiger partial charge >= 0.3 is 5.97 Å². The van der Waals surface area contributed by atoms with Crippen molar-refractivity contribution in [2.75, 3.05) is 11.1 Å². The Morgan fingerprint density at radius 1 is 1.37 bits per heavy atom. The zero-order valence-corrected chi connectivity index (χ0v) is 16.3. The number of hydrogen-bond donors (Lipinski definition) is 1. The molecule has 1 N–H and O–H groups in total. The molecule has 0 aromatic heterocycles. The van der Waals surface area contributed by atoms with Gasteiger partial charge in [0.05, 0.1) is 4.87 Å². The monoisotopic (exact) mass is 390 g/mol. The molecule has 3 atom stereocenters. The number of benzene rings is 1. The van der Waals surface area contributed by atoms with Gasteiger partial charge in [0.25, 0.3) is 5.91 Å². The quantitative estimate of drug-likeness (QED) is 0.612. The molecule has 0 spiro atoms. The Labute approximate surface area is 161 Å². The fraction of sp³-hybridized carbons (Fsp3) is 0.474. The van der Waals surface area contributed by atoms with E-state index in [0.29, 0.717) is 29.8 Å². The third-order valence-electron chi connectivity index (χ3n) is 4.92. The van der Waals surface area contributed by atoms with Gasteiger partial charge < -0.3 is 15.0 Å². The number of anilines is 1. The first kappa shape index (κ1) is 19.4. The van der Waals surface area contributed by atoms with Crippen LogP contribution in [0.5, 0.6) is 0 Å². The maximum Gasteiger partial charge on any atom is 0.330 e. The molecule has 2 amide bonds. The zero-order valence-electron chi connectivity index (χ0n) is 15.5. The van der Waals surface area contributed by atoms with Gasteiger partial charge in [-0.25, -0.2) is 4.79 Å². The number of fused-ring (bicyclic) bond motifs is 1. The Bertz CT molecular complexity index is 811. The van der Waals surface area contributed by atoms with E-state index in [2.05, 4.69) is 5.32 Å². The van der Waals surface area contributed by atoms with Crippen molar-refractivity contribution in [3.05, 3.63) is 29.8 Å². The fourth-order valence-corrected chi connectivity index (χ4v) is 4.78. The zero-order chi connectivity index (χ0) is 19.8. The Morgan fingerprint density at radius 2 is 2.11 bits per heavy atom. The number of Topliss-reactive ketones (excluding diaryl/α,β-unsaturated/α-hetero) is 1. The highest BCUT2D eigenvalue weighted by molar-refractivity contribution is 8.01. The van der Waals surface area contributed by atoms with Gasteiger partial charge in [-0.1, -0.05) is 12.1 Å². The first-order valence-electron chi connectivity index (χ1n) is 8.80. The van der Waals surface area contributed by atoms with Crippen molar-refractivity contribution in [3.63, 3.8) is 0 Å². The normalized spacial score (nSPS) is 25.1. The number of nitrogens with one attached hydrogen (secondary N) is 1. The maximum absolute atomic E-state index is 12.5. The van der Waals surface area contributed by atoms with E-state index in [1.54, 1.807) is 40.9 Å². The van der Waals surface area contributed by atoms with E-state index in [4.69, 9.17) is 4.74 Å². The Morgan fingerprint density at radius 3 is 2.81 bits per heavy atom. The van der Waals surface area contributed by atoms with Gasteiger partial charge in [-0.3, -0.25) is 14.4 Å². The molecular weight excluding hydrogens is 368 g/mol. The van der Waals surface area contributed by atoms with Crippen molar-refractivity contribution in [2.45, 2.75) is 50.6 Å². The molecule has 0 radical (unpaired) electrons. The lowest BCUT2D eigenvalue weighted by atomic mass is 10.1. The Kier molecular flexibility index (Phi) is 5.28. The van der Waals surface area contributed by atoms with E-state index < -0.39 is 24.0 Å². The van der Waals surface area contributed by atoms with Crippen LogP contribution in [-0.2, 0) is 19.1 Å². The minimum absolute atomic E-state index is 0.0531. The minimum Gasteiger partial charge on any atom is -0.451 e. The number of carbonyl (C=O) groups excluding carboxylic acids is 4. The summed E-state index contributed by atoms with van der Waals surface area (Å²) in [5, 5.41) is 2.64. The second-order valence-electron chi connectivity index (χ2n) is 6.97. The van der Waals surface area contributed by atoms with Gasteiger partial charge in [0.2, 0.25) is 5.91 Å². The van der Waals surface area contributed by atoms with Gasteiger partial charge in [0.1, 0.15) is 6.04 Å². The number of carbonyl (C=O) groups is 4. The largest absolute Gasteiger partial charge is 0.451 e. The summed E-state index contributed by atoms with van der Waals surface area (Å²) in [6.07, 6.45) is 0.117. The Hall–Kier alpha value is -2.35. The summed E-state index contributed by atoms with van der Waals surface area (Å²) in [4.78, 5) is 49.7. The van der Waals surface area contributed by atoms with E-state index in [-0.39, 0.29) is 16.6 Å². The smallest absolute Gasteiger partial charge is 0.330 e. The fourth-order valence-electron chi connectivity index (χ4n) is 3.36. The number of amides is 2. The summed E-state index contributed by atoms with van der Waals surface area (Å²) >= 11 is 1.57. The van der Waals surface area contributed by atoms with Gasteiger partial charge in [-0.05, 0) is 39.3 Å². The first-order valence-corrected chi connectivity index (χ1v) is 9.78. The van der Waals surface area contributed by atoms with Crippen LogP contribution >= 0.6 is 11.8 Å². The third kappa shape index (κ3) is 3.85. The summed E-state index contributed by atoms with van der Waals surface area (Å²) in [5.74, 6) is -0.757. The molecule has 3 rings (SSSR count). The second kappa shape index (κ2) is 7.34. The highest BCUT2D eigenvalue weighted by atomic mass is 32.2. The lowest BCUT2D eigenvalue weighted by Gasteiger charge is -2.29. The van der Waals surface area contributed by atoms with E-state index in [1.807, 2.05) is 6.92 Å². The summed E-state index contributed by atoms with van der Waals surface area (Å²) in [5.41, 5.74) is 0.932. The lowest BCUT2D eigenvalue weighted by molar-refractivity contribution is -0.160. The molecule has 1 aromatic carbocycles. The SMILES string of the molecule is CC(=O)c1cccc(NC(=O)[C@H](C)OC(=O)[C@H]2CS[C@]3(C)CCC(=O)N23)c1. The molecule has 2 saturated heterocycles.